The van der Waals surface area contributed by atoms with Crippen LogP contribution in [0, 0.1) is 6.92 Å². The van der Waals surface area contributed by atoms with E-state index < -0.39 is 5.63 Å². The number of fused-ring (bicyclic) bond motifs is 1. The molecule has 9 nitrogen and oxygen atoms in total. The summed E-state index contributed by atoms with van der Waals surface area (Å²) in [5, 5.41) is 22.4. The van der Waals surface area contributed by atoms with E-state index in [0.717, 1.165) is 0 Å². The van der Waals surface area contributed by atoms with Gasteiger partial charge < -0.3 is 24.3 Å². The zero-order chi connectivity index (χ0) is 21.3. The Balaban J connectivity index is 1.74. The predicted molar refractivity (Wildman–Crippen MR) is 113 cm³/mol. The van der Waals surface area contributed by atoms with Crippen LogP contribution >= 0.6 is 11.3 Å². The van der Waals surface area contributed by atoms with Crippen LogP contribution in [0.5, 0.6) is 11.5 Å². The average molecular weight is 426 g/mol. The number of benzene rings is 1. The second-order valence-corrected chi connectivity index (χ2v) is 7.30. The summed E-state index contributed by atoms with van der Waals surface area (Å²) in [7, 11) is 3.14. The molecule has 0 saturated heterocycles. The maximum absolute atomic E-state index is 12.6. The van der Waals surface area contributed by atoms with Crippen molar-refractivity contribution in [3.05, 3.63) is 52.1 Å². The van der Waals surface area contributed by atoms with E-state index in [9.17, 15) is 9.90 Å². The highest BCUT2D eigenvalue weighted by atomic mass is 32.1. The Labute approximate surface area is 174 Å². The zero-order valence-corrected chi connectivity index (χ0v) is 17.2. The molecule has 0 aliphatic carbocycles. The van der Waals surface area contributed by atoms with E-state index in [-0.39, 0.29) is 12.2 Å². The molecular weight excluding hydrogens is 408 g/mol. The van der Waals surface area contributed by atoms with E-state index in [0.29, 0.717) is 49.6 Å². The van der Waals surface area contributed by atoms with Crippen molar-refractivity contribution in [3.63, 3.8) is 0 Å². The van der Waals surface area contributed by atoms with Gasteiger partial charge in [-0.3, -0.25) is 4.98 Å². The SMILES string of the molecule is COc1ccc(OC)c(Nc2nnc(-c3cc4c(CO)cnc(C)c4oc3=O)s2)c1. The molecule has 0 saturated carbocycles. The fourth-order valence-corrected chi connectivity index (χ4v) is 3.73. The molecule has 4 aromatic rings. The van der Waals surface area contributed by atoms with Gasteiger partial charge in [-0.15, -0.1) is 10.2 Å². The lowest BCUT2D eigenvalue weighted by atomic mass is 10.1. The number of aliphatic hydroxyl groups excluding tert-OH is 1. The van der Waals surface area contributed by atoms with Crippen molar-refractivity contribution >= 4 is 33.1 Å². The average Bonchev–Trinajstić information content (AvgIpc) is 3.22. The van der Waals surface area contributed by atoms with E-state index in [1.54, 1.807) is 51.6 Å². The van der Waals surface area contributed by atoms with Crippen molar-refractivity contribution in [2.75, 3.05) is 19.5 Å². The summed E-state index contributed by atoms with van der Waals surface area (Å²) >= 11 is 1.19. The fraction of sp³-hybridized carbons (Fsp3) is 0.200. The van der Waals surface area contributed by atoms with Gasteiger partial charge in [0.15, 0.2) is 10.6 Å². The second-order valence-electron chi connectivity index (χ2n) is 6.32. The molecule has 2 N–H and O–H groups in total. The molecule has 0 unspecified atom stereocenters. The smallest absolute Gasteiger partial charge is 0.346 e. The quantitative estimate of drug-likeness (QED) is 0.478. The molecule has 0 radical (unpaired) electrons. The molecule has 30 heavy (non-hydrogen) atoms. The van der Waals surface area contributed by atoms with Gasteiger partial charge >= 0.3 is 5.63 Å². The van der Waals surface area contributed by atoms with Crippen molar-refractivity contribution in [1.29, 1.82) is 0 Å². The van der Waals surface area contributed by atoms with Gasteiger partial charge in [-0.25, -0.2) is 4.79 Å². The van der Waals surface area contributed by atoms with Crippen molar-refractivity contribution in [2.24, 2.45) is 0 Å². The maximum atomic E-state index is 12.6. The van der Waals surface area contributed by atoms with E-state index >= 15 is 0 Å². The molecule has 0 spiro atoms. The normalized spacial score (nSPS) is 10.9. The Morgan fingerprint density at radius 3 is 2.77 bits per heavy atom. The molecule has 3 heterocycles. The highest BCUT2D eigenvalue weighted by Crippen LogP contribution is 2.34. The lowest BCUT2D eigenvalue weighted by molar-refractivity contribution is 0.282. The summed E-state index contributed by atoms with van der Waals surface area (Å²) in [4.78, 5) is 16.7. The lowest BCUT2D eigenvalue weighted by Crippen LogP contribution is -2.05. The van der Waals surface area contributed by atoms with Crippen molar-refractivity contribution < 1.29 is 19.0 Å². The van der Waals surface area contributed by atoms with Gasteiger partial charge in [-0.05, 0) is 25.1 Å². The maximum Gasteiger partial charge on any atom is 0.346 e. The number of methoxy groups -OCH3 is 2. The minimum absolute atomic E-state index is 0.227. The highest BCUT2D eigenvalue weighted by Gasteiger charge is 2.17. The van der Waals surface area contributed by atoms with Gasteiger partial charge in [0, 0.05) is 23.2 Å². The van der Waals surface area contributed by atoms with Crippen LogP contribution in [-0.4, -0.2) is 34.5 Å². The van der Waals surface area contributed by atoms with Crippen LogP contribution in [0.2, 0.25) is 0 Å². The van der Waals surface area contributed by atoms with Crippen molar-refractivity contribution in [2.45, 2.75) is 13.5 Å². The summed E-state index contributed by atoms with van der Waals surface area (Å²) in [6.45, 7) is 1.51. The summed E-state index contributed by atoms with van der Waals surface area (Å²) in [6, 6.07) is 6.98. The molecule has 4 rings (SSSR count). The Morgan fingerprint density at radius 2 is 2.03 bits per heavy atom. The van der Waals surface area contributed by atoms with Gasteiger partial charge in [-0.1, -0.05) is 11.3 Å². The third-order valence-electron chi connectivity index (χ3n) is 4.51. The van der Waals surface area contributed by atoms with Gasteiger partial charge in [-0.2, -0.15) is 0 Å². The first-order chi connectivity index (χ1) is 14.5. The predicted octanol–water partition coefficient (Wildman–Crippen LogP) is 3.27. The third kappa shape index (κ3) is 3.58. The summed E-state index contributed by atoms with van der Waals surface area (Å²) < 4.78 is 16.1. The molecule has 3 aromatic heterocycles. The van der Waals surface area contributed by atoms with Crippen LogP contribution in [0.15, 0.2) is 39.7 Å². The number of hydrogen-bond donors (Lipinski definition) is 2. The number of ether oxygens (including phenoxy) is 2. The first kappa shape index (κ1) is 19.8. The summed E-state index contributed by atoms with van der Waals surface area (Å²) in [5.74, 6) is 1.26. The highest BCUT2D eigenvalue weighted by molar-refractivity contribution is 7.18. The number of aliphatic hydroxyl groups is 1. The minimum Gasteiger partial charge on any atom is -0.497 e. The molecule has 10 heteroatoms. The van der Waals surface area contributed by atoms with E-state index in [1.807, 2.05) is 0 Å². The number of aryl methyl sites for hydroxylation is 1. The number of rotatable bonds is 6. The van der Waals surface area contributed by atoms with Crippen LogP contribution in [0.25, 0.3) is 21.5 Å². The second kappa shape index (κ2) is 8.09. The number of nitrogens with zero attached hydrogens (tertiary/aromatic N) is 3. The first-order valence-electron chi connectivity index (χ1n) is 8.90. The fourth-order valence-electron chi connectivity index (χ4n) is 2.97. The third-order valence-corrected chi connectivity index (χ3v) is 5.38. The summed E-state index contributed by atoms with van der Waals surface area (Å²) in [5.41, 5.74) is 1.82. The number of hydrogen-bond acceptors (Lipinski definition) is 10. The van der Waals surface area contributed by atoms with Crippen LogP contribution in [0.4, 0.5) is 10.8 Å². The molecule has 0 aliphatic rings. The molecule has 0 fully saturated rings. The Kier molecular flexibility index (Phi) is 5.34. The monoisotopic (exact) mass is 426 g/mol. The van der Waals surface area contributed by atoms with E-state index in [2.05, 4.69) is 20.5 Å². The molecule has 154 valence electrons. The Hall–Kier alpha value is -3.50. The Morgan fingerprint density at radius 1 is 1.20 bits per heavy atom. The van der Waals surface area contributed by atoms with E-state index in [1.165, 1.54) is 11.3 Å². The Bertz CT molecular complexity index is 1280. The van der Waals surface area contributed by atoms with Crippen molar-refractivity contribution in [3.8, 4) is 22.1 Å². The minimum atomic E-state index is -0.552. The molecule has 0 amide bonds. The van der Waals surface area contributed by atoms with Crippen molar-refractivity contribution in [1.82, 2.24) is 15.2 Å². The molecular formula is C20H18N4O5S. The number of nitrogens with one attached hydrogen (secondary N) is 1. The number of anilines is 2. The van der Waals surface area contributed by atoms with Gasteiger partial charge in [0.05, 0.1) is 37.8 Å². The van der Waals surface area contributed by atoms with Crippen LogP contribution in [0.3, 0.4) is 0 Å². The molecule has 0 bridgehead atoms. The summed E-state index contributed by atoms with van der Waals surface area (Å²) in [6.07, 6.45) is 1.56. The first-order valence-corrected chi connectivity index (χ1v) is 9.71. The molecule has 1 aromatic carbocycles. The van der Waals surface area contributed by atoms with Crippen LogP contribution < -0.4 is 20.4 Å². The van der Waals surface area contributed by atoms with Gasteiger partial charge in [0.2, 0.25) is 5.13 Å². The number of pyridine rings is 1. The zero-order valence-electron chi connectivity index (χ0n) is 16.4. The van der Waals surface area contributed by atoms with Crippen LogP contribution in [0.1, 0.15) is 11.3 Å². The van der Waals surface area contributed by atoms with Crippen LogP contribution in [-0.2, 0) is 6.61 Å². The number of aromatic nitrogens is 3. The van der Waals surface area contributed by atoms with E-state index in [4.69, 9.17) is 13.9 Å². The molecule has 0 atom stereocenters. The lowest BCUT2D eigenvalue weighted by Gasteiger charge is -2.10. The largest absolute Gasteiger partial charge is 0.497 e. The topological polar surface area (TPSA) is 120 Å². The van der Waals surface area contributed by atoms with Gasteiger partial charge in [0.25, 0.3) is 0 Å². The van der Waals surface area contributed by atoms with Gasteiger partial charge in [0.1, 0.15) is 11.5 Å². The molecule has 0 aliphatic heterocycles. The standard InChI is InChI=1S/C20H18N4O5S/c1-10-17-13(11(9-25)8-21-10)7-14(19(26)29-17)18-23-24-20(30-18)22-15-6-12(27-2)4-5-16(15)28-3/h4-8,25H,9H2,1-3H3,(H,22,24).